The van der Waals surface area contributed by atoms with Gasteiger partial charge in [0.15, 0.2) is 0 Å². The zero-order valence-electron chi connectivity index (χ0n) is 17.1. The molecule has 26 heavy (non-hydrogen) atoms. The molecule has 1 N–H and O–H groups in total. The minimum atomic E-state index is -0.0894. The van der Waals surface area contributed by atoms with Crippen molar-refractivity contribution in [2.45, 2.75) is 85.6 Å². The van der Waals surface area contributed by atoms with E-state index in [4.69, 9.17) is 0 Å². The van der Waals surface area contributed by atoms with Crippen molar-refractivity contribution in [3.05, 3.63) is 28.8 Å². The Morgan fingerprint density at radius 1 is 1.23 bits per heavy atom. The molecule has 0 radical (unpaired) electrons. The smallest absolute Gasteiger partial charge is 0.332 e. The number of nitrogens with zero attached hydrogens (tertiary/aromatic N) is 1. The Morgan fingerprint density at radius 2 is 1.85 bits per heavy atom. The van der Waals surface area contributed by atoms with Crippen LogP contribution in [-0.2, 0) is 19.3 Å². The maximum atomic E-state index is 12.9. The summed E-state index contributed by atoms with van der Waals surface area (Å²) in [5.41, 5.74) is 4.76. The van der Waals surface area contributed by atoms with Crippen LogP contribution in [0.25, 0.3) is 0 Å². The Hall–Kier alpha value is -1.16. The van der Waals surface area contributed by atoms with Crippen LogP contribution in [0, 0.1) is 11.8 Å². The molecule has 1 aliphatic carbocycles. The average molecular weight is 377 g/mol. The van der Waals surface area contributed by atoms with E-state index in [-0.39, 0.29) is 12.1 Å². The quantitative estimate of drug-likeness (QED) is 0.591. The summed E-state index contributed by atoms with van der Waals surface area (Å²) >= 11 is 4.61. The first-order valence-electron chi connectivity index (χ1n) is 10.3. The van der Waals surface area contributed by atoms with E-state index >= 15 is 0 Å². The number of nitrogens with one attached hydrogen (secondary N) is 1. The van der Waals surface area contributed by atoms with Crippen LogP contribution < -0.4 is 9.62 Å². The Bertz CT molecular complexity index is 589. The van der Waals surface area contributed by atoms with E-state index in [0.29, 0.717) is 11.8 Å². The third-order valence-corrected chi connectivity index (χ3v) is 5.78. The van der Waals surface area contributed by atoms with Crippen molar-refractivity contribution in [1.82, 2.24) is 5.32 Å². The highest BCUT2D eigenvalue weighted by Gasteiger charge is 2.24. The summed E-state index contributed by atoms with van der Waals surface area (Å²) in [6, 6.07) is 4.70. The second-order valence-corrected chi connectivity index (χ2v) is 8.70. The fourth-order valence-electron chi connectivity index (χ4n) is 4.14. The molecule has 2 atom stereocenters. The summed E-state index contributed by atoms with van der Waals surface area (Å²) in [7, 11) is 0. The zero-order valence-corrected chi connectivity index (χ0v) is 18.0. The van der Waals surface area contributed by atoms with E-state index in [1.807, 2.05) is 0 Å². The van der Waals surface area contributed by atoms with Crippen molar-refractivity contribution in [3.8, 4) is 0 Å². The summed E-state index contributed by atoms with van der Waals surface area (Å²) in [6.45, 7) is 11.1. The molecule has 4 heteroatoms. The highest BCUT2D eigenvalue weighted by atomic mass is 32.1. The SMILES string of the molecule is CCc1cc(CC(C)C)cc(CC)c1N(S)C(=O)NC1CCCC(C)C1. The van der Waals surface area contributed by atoms with Crippen molar-refractivity contribution in [2.24, 2.45) is 11.8 Å². The van der Waals surface area contributed by atoms with Crippen LogP contribution in [0.3, 0.4) is 0 Å². The highest BCUT2D eigenvalue weighted by molar-refractivity contribution is 7.82. The van der Waals surface area contributed by atoms with Gasteiger partial charge in [-0.25, -0.2) is 9.10 Å². The molecule has 2 unspecified atom stereocenters. The van der Waals surface area contributed by atoms with Gasteiger partial charge < -0.3 is 5.32 Å². The molecule has 0 spiro atoms. The number of benzene rings is 1. The number of urea groups is 1. The van der Waals surface area contributed by atoms with Crippen LogP contribution in [0.5, 0.6) is 0 Å². The maximum Gasteiger partial charge on any atom is 0.332 e. The van der Waals surface area contributed by atoms with Crippen LogP contribution >= 0.6 is 12.8 Å². The van der Waals surface area contributed by atoms with Gasteiger partial charge in [-0.1, -0.05) is 72.4 Å². The lowest BCUT2D eigenvalue weighted by atomic mass is 9.87. The molecule has 146 valence electrons. The van der Waals surface area contributed by atoms with E-state index in [1.165, 1.54) is 29.5 Å². The number of hydrogen-bond acceptors (Lipinski definition) is 2. The molecule has 0 saturated heterocycles. The Morgan fingerprint density at radius 3 is 2.35 bits per heavy atom. The van der Waals surface area contributed by atoms with Crippen LogP contribution in [-0.4, -0.2) is 12.1 Å². The van der Waals surface area contributed by atoms with Crippen LogP contribution in [0.15, 0.2) is 12.1 Å². The van der Waals surface area contributed by atoms with Gasteiger partial charge >= 0.3 is 6.03 Å². The lowest BCUT2D eigenvalue weighted by Crippen LogP contribution is -2.43. The van der Waals surface area contributed by atoms with Crippen LogP contribution in [0.4, 0.5) is 10.5 Å². The number of carbonyl (C=O) groups is 1. The average Bonchev–Trinajstić information content (AvgIpc) is 2.59. The van der Waals surface area contributed by atoms with Gasteiger partial charge in [-0.3, -0.25) is 0 Å². The van der Waals surface area contributed by atoms with Crippen molar-refractivity contribution in [3.63, 3.8) is 0 Å². The molecule has 1 saturated carbocycles. The predicted molar refractivity (Wildman–Crippen MR) is 115 cm³/mol. The monoisotopic (exact) mass is 376 g/mol. The fourth-order valence-corrected chi connectivity index (χ4v) is 4.45. The molecule has 2 amide bonds. The molecule has 0 aliphatic heterocycles. The third kappa shape index (κ3) is 5.42. The Labute approximate surface area is 165 Å². The highest BCUT2D eigenvalue weighted by Crippen LogP contribution is 2.31. The van der Waals surface area contributed by atoms with Gasteiger partial charge in [0.05, 0.1) is 5.69 Å². The maximum absolute atomic E-state index is 12.9. The number of thiol groups is 1. The Balaban J connectivity index is 2.22. The minimum Gasteiger partial charge on any atom is -0.334 e. The standard InChI is InChI=1S/C22H36N2OS/c1-6-18-13-17(11-15(3)4)14-19(7-2)21(18)24(26)22(25)23-20-10-8-9-16(5)12-20/h13-16,20,26H,6-12H2,1-5H3,(H,23,25). The number of rotatable bonds is 6. The van der Waals surface area contributed by atoms with Crippen LogP contribution in [0.1, 0.15) is 77.0 Å². The number of amides is 2. The Kier molecular flexibility index (Phi) is 7.87. The van der Waals surface area contributed by atoms with Crippen LogP contribution in [0.2, 0.25) is 0 Å². The van der Waals surface area contributed by atoms with E-state index in [1.54, 1.807) is 4.31 Å². The topological polar surface area (TPSA) is 32.3 Å². The molecule has 0 bridgehead atoms. The first-order chi connectivity index (χ1) is 12.3. The summed E-state index contributed by atoms with van der Waals surface area (Å²) in [5.74, 6) is 1.31. The molecule has 1 aromatic rings. The van der Waals surface area contributed by atoms with Gasteiger partial charge in [0.25, 0.3) is 0 Å². The zero-order chi connectivity index (χ0) is 19.3. The lowest BCUT2D eigenvalue weighted by Gasteiger charge is -2.30. The fraction of sp³-hybridized carbons (Fsp3) is 0.682. The van der Waals surface area contributed by atoms with Gasteiger partial charge in [-0.15, -0.1) is 0 Å². The molecule has 3 nitrogen and oxygen atoms in total. The molecule has 1 aromatic carbocycles. The molecular formula is C22H36N2OS. The molecule has 1 fully saturated rings. The number of anilines is 1. The molecule has 1 aliphatic rings. The molecule has 0 heterocycles. The number of hydrogen-bond donors (Lipinski definition) is 2. The third-order valence-electron chi connectivity index (χ3n) is 5.40. The lowest BCUT2D eigenvalue weighted by molar-refractivity contribution is 0.236. The molecular weight excluding hydrogens is 340 g/mol. The molecule has 2 rings (SSSR count). The van der Waals surface area contributed by atoms with E-state index < -0.39 is 0 Å². The van der Waals surface area contributed by atoms with E-state index in [0.717, 1.165) is 37.8 Å². The normalized spacial score (nSPS) is 20.3. The van der Waals surface area contributed by atoms with Gasteiger partial charge in [0, 0.05) is 6.04 Å². The van der Waals surface area contributed by atoms with Crippen molar-refractivity contribution >= 4 is 24.5 Å². The van der Waals surface area contributed by atoms with Gasteiger partial charge in [0.1, 0.15) is 0 Å². The van der Waals surface area contributed by atoms with E-state index in [9.17, 15) is 4.79 Å². The molecule has 0 aromatic heterocycles. The second-order valence-electron chi connectivity index (χ2n) is 8.30. The second kappa shape index (κ2) is 9.68. The van der Waals surface area contributed by atoms with Gasteiger partial charge in [-0.2, -0.15) is 0 Å². The summed E-state index contributed by atoms with van der Waals surface area (Å²) in [6.07, 6.45) is 7.49. The van der Waals surface area contributed by atoms with Crippen molar-refractivity contribution in [1.29, 1.82) is 0 Å². The largest absolute Gasteiger partial charge is 0.334 e. The first-order valence-corrected chi connectivity index (χ1v) is 10.7. The summed E-state index contributed by atoms with van der Waals surface area (Å²) < 4.78 is 1.55. The number of aryl methyl sites for hydroxylation is 2. The van der Waals surface area contributed by atoms with Gasteiger partial charge in [-0.05, 0) is 60.6 Å². The first kappa shape index (κ1) is 21.1. The van der Waals surface area contributed by atoms with Crippen molar-refractivity contribution < 1.29 is 4.79 Å². The minimum absolute atomic E-state index is 0.0894. The number of carbonyl (C=O) groups excluding carboxylic acids is 1. The summed E-state index contributed by atoms with van der Waals surface area (Å²) in [5, 5.41) is 3.21. The predicted octanol–water partition coefficient (Wildman–Crippen LogP) is 5.95. The van der Waals surface area contributed by atoms with Crippen molar-refractivity contribution in [2.75, 3.05) is 4.31 Å². The van der Waals surface area contributed by atoms with Gasteiger partial charge in [0.2, 0.25) is 0 Å². The van der Waals surface area contributed by atoms with E-state index in [2.05, 4.69) is 64.9 Å². The summed E-state index contributed by atoms with van der Waals surface area (Å²) in [4.78, 5) is 12.9.